The zero-order chi connectivity index (χ0) is 38.1. The Labute approximate surface area is 319 Å². The van der Waals surface area contributed by atoms with Crippen molar-refractivity contribution < 1.29 is 39.8 Å². The quantitative estimate of drug-likeness (QED) is 0.0346. The van der Waals surface area contributed by atoms with Crippen molar-refractivity contribution in [2.24, 2.45) is 0 Å². The molecule has 0 spiro atoms. The molecule has 1 aliphatic heterocycles. The van der Waals surface area contributed by atoms with Crippen LogP contribution in [0.5, 0.6) is 0 Å². The van der Waals surface area contributed by atoms with Crippen LogP contribution in [0.3, 0.4) is 0 Å². The van der Waals surface area contributed by atoms with Crippen LogP contribution in [0.1, 0.15) is 213 Å². The number of rotatable bonds is 37. The van der Waals surface area contributed by atoms with Gasteiger partial charge in [-0.25, -0.2) is 0 Å². The number of hydrogen-bond donors (Lipinski definition) is 6. The molecule has 1 saturated heterocycles. The summed E-state index contributed by atoms with van der Waals surface area (Å²) < 4.78 is 11.2. The number of unbranched alkanes of at least 4 members (excludes halogenated alkanes) is 27. The van der Waals surface area contributed by atoms with Crippen LogP contribution in [0.15, 0.2) is 0 Å². The van der Waals surface area contributed by atoms with Crippen LogP contribution in [0, 0.1) is 0 Å². The summed E-state index contributed by atoms with van der Waals surface area (Å²) in [5.74, 6) is -0.142. The van der Waals surface area contributed by atoms with Gasteiger partial charge in [0.2, 0.25) is 5.91 Å². The minimum absolute atomic E-state index is 0.132. The first-order chi connectivity index (χ1) is 25.3. The molecule has 9 heteroatoms. The van der Waals surface area contributed by atoms with Gasteiger partial charge in [-0.15, -0.1) is 0 Å². The first-order valence-electron chi connectivity index (χ1n) is 22.2. The molecule has 6 N–H and O–H groups in total. The average Bonchev–Trinajstić information content (AvgIpc) is 3.14. The summed E-state index contributed by atoms with van der Waals surface area (Å²) in [5, 5.41) is 54.3. The first kappa shape index (κ1) is 49.2. The van der Waals surface area contributed by atoms with E-state index in [9.17, 15) is 30.3 Å². The largest absolute Gasteiger partial charge is 0.394 e. The van der Waals surface area contributed by atoms with E-state index in [4.69, 9.17) is 9.47 Å². The Morgan fingerprint density at radius 3 is 1.37 bits per heavy atom. The van der Waals surface area contributed by atoms with Crippen molar-refractivity contribution in [3.8, 4) is 0 Å². The minimum Gasteiger partial charge on any atom is -0.394 e. The third-order valence-electron chi connectivity index (χ3n) is 11.0. The molecule has 1 rings (SSSR count). The summed E-state index contributed by atoms with van der Waals surface area (Å²) in [6.07, 6.45) is 29.6. The van der Waals surface area contributed by atoms with Crippen LogP contribution in [0.4, 0.5) is 0 Å². The molecule has 1 heterocycles. The zero-order valence-corrected chi connectivity index (χ0v) is 33.8. The topological polar surface area (TPSA) is 149 Å². The molecule has 2 unspecified atom stereocenters. The van der Waals surface area contributed by atoms with E-state index in [1.165, 1.54) is 148 Å². The van der Waals surface area contributed by atoms with E-state index in [-0.39, 0.29) is 12.5 Å². The van der Waals surface area contributed by atoms with Gasteiger partial charge in [-0.05, 0) is 12.8 Å². The number of hydrogen-bond acceptors (Lipinski definition) is 8. The molecule has 9 nitrogen and oxygen atoms in total. The number of ether oxygens (including phenoxy) is 2. The number of carbonyl (C=O) groups excluding carboxylic acids is 1. The van der Waals surface area contributed by atoms with Gasteiger partial charge in [0.15, 0.2) is 6.29 Å². The molecule has 310 valence electrons. The summed E-state index contributed by atoms with van der Waals surface area (Å²) in [4.78, 5) is 12.9. The van der Waals surface area contributed by atoms with Crippen molar-refractivity contribution >= 4 is 5.91 Å². The van der Waals surface area contributed by atoms with Crippen LogP contribution in [0.2, 0.25) is 0 Å². The van der Waals surface area contributed by atoms with Crippen LogP contribution in [0.25, 0.3) is 0 Å². The number of aliphatic hydroxyl groups is 5. The number of amides is 1. The Balaban J connectivity index is 2.34. The van der Waals surface area contributed by atoms with Crippen molar-refractivity contribution in [2.45, 2.75) is 256 Å². The highest BCUT2D eigenvalue weighted by molar-refractivity contribution is 5.76. The molecule has 52 heavy (non-hydrogen) atoms. The predicted octanol–water partition coefficient (Wildman–Crippen LogP) is 8.78. The molecule has 0 saturated carbocycles. The minimum atomic E-state index is -1.55. The highest BCUT2D eigenvalue weighted by atomic mass is 16.7. The van der Waals surface area contributed by atoms with Crippen molar-refractivity contribution in [3.05, 3.63) is 0 Å². The third kappa shape index (κ3) is 25.3. The zero-order valence-electron chi connectivity index (χ0n) is 33.8. The molecule has 7 atom stereocenters. The van der Waals surface area contributed by atoms with Crippen molar-refractivity contribution in [2.75, 3.05) is 13.2 Å². The molecule has 1 fully saturated rings. The van der Waals surface area contributed by atoms with Gasteiger partial charge >= 0.3 is 0 Å². The molecule has 0 aliphatic carbocycles. The fourth-order valence-corrected chi connectivity index (χ4v) is 7.34. The second-order valence-electron chi connectivity index (χ2n) is 15.9. The van der Waals surface area contributed by atoms with E-state index in [1.807, 2.05) is 0 Å². The van der Waals surface area contributed by atoms with E-state index in [2.05, 4.69) is 19.2 Å². The molecule has 1 aliphatic rings. The molecule has 0 aromatic rings. The van der Waals surface area contributed by atoms with Crippen LogP contribution >= 0.6 is 0 Å². The highest BCUT2D eigenvalue weighted by Gasteiger charge is 2.44. The molecule has 0 bridgehead atoms. The summed E-state index contributed by atoms with van der Waals surface area (Å²) in [7, 11) is 0. The normalized spacial score (nSPS) is 21.7. The molecular weight excluding hydrogens is 658 g/mol. The van der Waals surface area contributed by atoms with Gasteiger partial charge in [0.05, 0.1) is 25.4 Å². The maximum absolute atomic E-state index is 12.9. The Morgan fingerprint density at radius 1 is 0.577 bits per heavy atom. The summed E-state index contributed by atoms with van der Waals surface area (Å²) in [5.41, 5.74) is 0. The smallest absolute Gasteiger partial charge is 0.220 e. The Bertz CT molecular complexity index is 786. The van der Waals surface area contributed by atoms with Crippen molar-refractivity contribution in [1.82, 2.24) is 5.32 Å². The SMILES string of the molecule is CCCCCCCCCCCCCCCCCC(=O)N[C@@H](CO[C@@H]1O[C@H](CO)[C@@H](O)C(O)C1O)[C@H](O)CCCCCCCCCCCCCCCC. The highest BCUT2D eigenvalue weighted by Crippen LogP contribution is 2.23. The van der Waals surface area contributed by atoms with Gasteiger partial charge < -0.3 is 40.3 Å². The van der Waals surface area contributed by atoms with Crippen molar-refractivity contribution in [3.63, 3.8) is 0 Å². The molecule has 0 aromatic heterocycles. The number of nitrogens with one attached hydrogen (secondary N) is 1. The Morgan fingerprint density at radius 2 is 0.962 bits per heavy atom. The lowest BCUT2D eigenvalue weighted by atomic mass is 9.99. The monoisotopic (exact) mass is 744 g/mol. The van der Waals surface area contributed by atoms with E-state index < -0.39 is 49.5 Å². The second-order valence-corrected chi connectivity index (χ2v) is 15.9. The average molecular weight is 744 g/mol. The Hall–Kier alpha value is -0.810. The summed E-state index contributed by atoms with van der Waals surface area (Å²) in [6.45, 7) is 3.84. The van der Waals surface area contributed by atoms with Gasteiger partial charge in [0.1, 0.15) is 24.4 Å². The Kier molecular flexibility index (Phi) is 32.8. The first-order valence-corrected chi connectivity index (χ1v) is 22.2. The van der Waals surface area contributed by atoms with E-state index >= 15 is 0 Å². The lowest BCUT2D eigenvalue weighted by molar-refractivity contribution is -0.302. The fourth-order valence-electron chi connectivity index (χ4n) is 7.34. The van der Waals surface area contributed by atoms with Crippen molar-refractivity contribution in [1.29, 1.82) is 0 Å². The summed E-state index contributed by atoms with van der Waals surface area (Å²) in [6, 6.07) is -0.710. The van der Waals surface area contributed by atoms with Gasteiger partial charge in [-0.3, -0.25) is 4.79 Å². The van der Waals surface area contributed by atoms with Crippen LogP contribution < -0.4 is 5.32 Å². The fraction of sp³-hybridized carbons (Fsp3) is 0.977. The van der Waals surface area contributed by atoms with Crippen LogP contribution in [-0.2, 0) is 14.3 Å². The predicted molar refractivity (Wildman–Crippen MR) is 212 cm³/mol. The number of aliphatic hydroxyl groups excluding tert-OH is 5. The number of carbonyl (C=O) groups is 1. The second kappa shape index (κ2) is 34.7. The van der Waals surface area contributed by atoms with Gasteiger partial charge in [0.25, 0.3) is 0 Å². The maximum Gasteiger partial charge on any atom is 0.220 e. The van der Waals surface area contributed by atoms with E-state index in [0.717, 1.165) is 38.5 Å². The van der Waals surface area contributed by atoms with E-state index in [1.54, 1.807) is 0 Å². The van der Waals surface area contributed by atoms with Crippen LogP contribution in [-0.4, -0.2) is 87.5 Å². The summed E-state index contributed by atoms with van der Waals surface area (Å²) >= 11 is 0. The standard InChI is InChI=1S/C43H85NO8/c1-3-5-7-9-11-13-15-17-19-21-23-25-27-29-31-33-39(47)44-36(35-51-43-42(50)41(49)40(48)38(34-45)52-43)37(46)32-30-28-26-24-22-20-18-16-14-12-10-8-6-4-2/h36-38,40-43,45-46,48-50H,3-35H2,1-2H3,(H,44,47)/t36-,37+,38+,40+,41?,42?,43+/m0/s1. The van der Waals surface area contributed by atoms with Gasteiger partial charge in [-0.1, -0.05) is 194 Å². The lowest BCUT2D eigenvalue weighted by Gasteiger charge is -2.40. The third-order valence-corrected chi connectivity index (χ3v) is 11.0. The molecule has 0 radical (unpaired) electrons. The van der Waals surface area contributed by atoms with E-state index in [0.29, 0.717) is 12.8 Å². The molecule has 1 amide bonds. The molecular formula is C43H85NO8. The van der Waals surface area contributed by atoms with Gasteiger partial charge in [-0.2, -0.15) is 0 Å². The molecule has 0 aromatic carbocycles. The maximum atomic E-state index is 12.9. The lowest BCUT2D eigenvalue weighted by Crippen LogP contribution is -2.60. The van der Waals surface area contributed by atoms with Gasteiger partial charge in [0, 0.05) is 6.42 Å².